The monoisotopic (exact) mass is 224 g/mol. The normalized spacial score (nSPS) is 10.9. The van der Waals surface area contributed by atoms with Crippen LogP contribution in [0.2, 0.25) is 0 Å². The largest absolute Gasteiger partial charge is 0.382 e. The molecular weight excluding hydrogens is 212 g/mol. The minimum absolute atomic E-state index is 0.531. The summed E-state index contributed by atoms with van der Waals surface area (Å²) in [6.45, 7) is 2.07. The zero-order valence-corrected chi connectivity index (χ0v) is 9.44. The second kappa shape index (κ2) is 3.59. The quantitative estimate of drug-likeness (QED) is 0.667. The molecule has 0 saturated carbocycles. The second-order valence-electron chi connectivity index (χ2n) is 4.06. The van der Waals surface area contributed by atoms with Gasteiger partial charge in [0.1, 0.15) is 0 Å². The summed E-state index contributed by atoms with van der Waals surface area (Å²) < 4.78 is 0. The van der Waals surface area contributed by atoms with Gasteiger partial charge in [0.2, 0.25) is 0 Å². The lowest BCUT2D eigenvalue weighted by atomic mass is 10.0. The number of pyridine rings is 1. The number of aromatic nitrogens is 3. The molecule has 0 aliphatic rings. The summed E-state index contributed by atoms with van der Waals surface area (Å²) in [5.74, 6) is 0.531. The van der Waals surface area contributed by atoms with Gasteiger partial charge >= 0.3 is 0 Å². The maximum absolute atomic E-state index is 5.80. The van der Waals surface area contributed by atoms with Gasteiger partial charge in [0.15, 0.2) is 5.82 Å². The SMILES string of the molecule is Cc1ccncc1-c1ccc2[nH]nc(N)c2c1. The average molecular weight is 224 g/mol. The Morgan fingerprint density at radius 1 is 1.24 bits per heavy atom. The molecule has 2 aromatic heterocycles. The number of nitrogens with zero attached hydrogens (tertiary/aromatic N) is 2. The van der Waals surface area contributed by atoms with Crippen LogP contribution in [-0.4, -0.2) is 15.2 Å². The van der Waals surface area contributed by atoms with E-state index in [-0.39, 0.29) is 0 Å². The molecule has 3 N–H and O–H groups in total. The van der Waals surface area contributed by atoms with E-state index in [1.54, 1.807) is 6.20 Å². The molecule has 3 aromatic rings. The number of benzene rings is 1. The van der Waals surface area contributed by atoms with Crippen LogP contribution in [0.1, 0.15) is 5.56 Å². The van der Waals surface area contributed by atoms with Crippen LogP contribution < -0.4 is 5.73 Å². The Morgan fingerprint density at radius 2 is 2.12 bits per heavy atom. The van der Waals surface area contributed by atoms with Gasteiger partial charge in [0.25, 0.3) is 0 Å². The molecule has 0 saturated heterocycles. The molecule has 2 heterocycles. The molecule has 0 aliphatic heterocycles. The van der Waals surface area contributed by atoms with Crippen molar-refractivity contribution in [3.8, 4) is 11.1 Å². The van der Waals surface area contributed by atoms with Crippen molar-refractivity contribution in [1.29, 1.82) is 0 Å². The first-order valence-electron chi connectivity index (χ1n) is 5.40. The summed E-state index contributed by atoms with van der Waals surface area (Å²) in [5.41, 5.74) is 10.2. The van der Waals surface area contributed by atoms with E-state index in [4.69, 9.17) is 5.73 Å². The van der Waals surface area contributed by atoms with Crippen molar-refractivity contribution in [2.75, 3.05) is 5.73 Å². The molecule has 84 valence electrons. The number of nitrogen functional groups attached to an aromatic ring is 1. The van der Waals surface area contributed by atoms with Gasteiger partial charge in [-0.15, -0.1) is 0 Å². The number of rotatable bonds is 1. The van der Waals surface area contributed by atoms with Crippen molar-refractivity contribution >= 4 is 16.7 Å². The minimum atomic E-state index is 0.531. The number of H-pyrrole nitrogens is 1. The molecule has 0 aliphatic carbocycles. The first-order chi connectivity index (χ1) is 8.25. The number of nitrogens with one attached hydrogen (secondary N) is 1. The third-order valence-corrected chi connectivity index (χ3v) is 2.94. The summed E-state index contributed by atoms with van der Waals surface area (Å²) in [5, 5.41) is 7.83. The average Bonchev–Trinajstić information content (AvgIpc) is 2.71. The van der Waals surface area contributed by atoms with Crippen LogP contribution in [0.5, 0.6) is 0 Å². The topological polar surface area (TPSA) is 67.6 Å². The highest BCUT2D eigenvalue weighted by atomic mass is 15.1. The van der Waals surface area contributed by atoms with Crippen LogP contribution in [-0.2, 0) is 0 Å². The van der Waals surface area contributed by atoms with Gasteiger partial charge in [0.05, 0.1) is 5.52 Å². The Bertz CT molecular complexity index is 685. The van der Waals surface area contributed by atoms with E-state index >= 15 is 0 Å². The zero-order chi connectivity index (χ0) is 11.8. The Hall–Kier alpha value is -2.36. The fourth-order valence-electron chi connectivity index (χ4n) is 1.97. The van der Waals surface area contributed by atoms with E-state index < -0.39 is 0 Å². The van der Waals surface area contributed by atoms with Crippen molar-refractivity contribution in [3.05, 3.63) is 42.2 Å². The molecule has 4 heteroatoms. The van der Waals surface area contributed by atoms with Gasteiger partial charge in [-0.3, -0.25) is 10.1 Å². The smallest absolute Gasteiger partial charge is 0.153 e. The molecule has 4 nitrogen and oxygen atoms in total. The fourth-order valence-corrected chi connectivity index (χ4v) is 1.97. The van der Waals surface area contributed by atoms with Crippen LogP contribution in [0, 0.1) is 6.92 Å². The second-order valence-corrected chi connectivity index (χ2v) is 4.06. The highest BCUT2D eigenvalue weighted by molar-refractivity contribution is 5.92. The maximum Gasteiger partial charge on any atom is 0.153 e. The predicted octanol–water partition coefficient (Wildman–Crippen LogP) is 2.52. The van der Waals surface area contributed by atoms with E-state index in [2.05, 4.69) is 22.1 Å². The van der Waals surface area contributed by atoms with Crippen LogP contribution in [0.25, 0.3) is 22.0 Å². The van der Waals surface area contributed by atoms with Crippen molar-refractivity contribution in [1.82, 2.24) is 15.2 Å². The lowest BCUT2D eigenvalue weighted by Gasteiger charge is -2.04. The summed E-state index contributed by atoms with van der Waals surface area (Å²) in [6, 6.07) is 8.07. The third-order valence-electron chi connectivity index (χ3n) is 2.94. The lowest BCUT2D eigenvalue weighted by molar-refractivity contribution is 1.13. The Morgan fingerprint density at radius 3 is 2.94 bits per heavy atom. The van der Waals surface area contributed by atoms with Crippen molar-refractivity contribution in [2.45, 2.75) is 6.92 Å². The number of anilines is 1. The standard InChI is InChI=1S/C13H12N4/c1-8-4-5-15-7-11(8)9-2-3-12-10(6-9)13(14)17-16-12/h2-7H,1H3,(H3,14,16,17). The molecule has 0 bridgehead atoms. The molecule has 0 atom stereocenters. The lowest BCUT2D eigenvalue weighted by Crippen LogP contribution is -1.86. The number of nitrogens with two attached hydrogens (primary N) is 1. The van der Waals surface area contributed by atoms with Crippen molar-refractivity contribution in [3.63, 3.8) is 0 Å². The van der Waals surface area contributed by atoms with Gasteiger partial charge in [-0.1, -0.05) is 6.07 Å². The van der Waals surface area contributed by atoms with Gasteiger partial charge in [-0.05, 0) is 36.2 Å². The summed E-state index contributed by atoms with van der Waals surface area (Å²) in [7, 11) is 0. The molecule has 0 amide bonds. The van der Waals surface area contributed by atoms with E-state index in [1.807, 2.05) is 30.5 Å². The Balaban J connectivity index is 2.24. The number of aryl methyl sites for hydroxylation is 1. The fraction of sp³-hybridized carbons (Fsp3) is 0.0769. The summed E-state index contributed by atoms with van der Waals surface area (Å²) in [6.07, 6.45) is 3.66. The Labute approximate surface area is 98.5 Å². The Kier molecular flexibility index (Phi) is 2.08. The highest BCUT2D eigenvalue weighted by Gasteiger charge is 2.06. The van der Waals surface area contributed by atoms with Crippen LogP contribution in [0.15, 0.2) is 36.7 Å². The predicted molar refractivity (Wildman–Crippen MR) is 68.5 cm³/mol. The molecular formula is C13H12N4. The first-order valence-corrected chi connectivity index (χ1v) is 5.40. The van der Waals surface area contributed by atoms with E-state index in [1.165, 1.54) is 5.56 Å². The number of hydrogen-bond acceptors (Lipinski definition) is 3. The molecule has 0 fully saturated rings. The van der Waals surface area contributed by atoms with Crippen molar-refractivity contribution < 1.29 is 0 Å². The number of fused-ring (bicyclic) bond motifs is 1. The van der Waals surface area contributed by atoms with E-state index in [0.29, 0.717) is 5.82 Å². The molecule has 3 rings (SSSR count). The molecule has 0 spiro atoms. The molecule has 0 radical (unpaired) electrons. The van der Waals surface area contributed by atoms with E-state index in [9.17, 15) is 0 Å². The first kappa shape index (κ1) is 9.84. The molecule has 17 heavy (non-hydrogen) atoms. The van der Waals surface area contributed by atoms with Gasteiger partial charge in [-0.25, -0.2) is 0 Å². The van der Waals surface area contributed by atoms with Gasteiger partial charge in [0, 0.05) is 23.3 Å². The van der Waals surface area contributed by atoms with E-state index in [0.717, 1.165) is 22.0 Å². The molecule has 0 unspecified atom stereocenters. The highest BCUT2D eigenvalue weighted by Crippen LogP contribution is 2.27. The third kappa shape index (κ3) is 1.54. The number of aromatic amines is 1. The van der Waals surface area contributed by atoms with Crippen LogP contribution in [0.4, 0.5) is 5.82 Å². The summed E-state index contributed by atoms with van der Waals surface area (Å²) >= 11 is 0. The minimum Gasteiger partial charge on any atom is -0.382 e. The number of hydrogen-bond donors (Lipinski definition) is 2. The van der Waals surface area contributed by atoms with Gasteiger partial charge < -0.3 is 5.73 Å². The zero-order valence-electron chi connectivity index (χ0n) is 9.44. The van der Waals surface area contributed by atoms with Gasteiger partial charge in [-0.2, -0.15) is 5.10 Å². The summed E-state index contributed by atoms with van der Waals surface area (Å²) in [4.78, 5) is 4.16. The molecule has 1 aromatic carbocycles. The maximum atomic E-state index is 5.80. The van der Waals surface area contributed by atoms with Crippen molar-refractivity contribution in [2.24, 2.45) is 0 Å². The van der Waals surface area contributed by atoms with Crippen LogP contribution in [0.3, 0.4) is 0 Å². The van der Waals surface area contributed by atoms with Crippen LogP contribution >= 0.6 is 0 Å².